The Balaban J connectivity index is 4.85. The summed E-state index contributed by atoms with van der Waals surface area (Å²) < 4.78 is 11.0. The largest absolute Gasteiger partial charge is 0.481 e. The minimum atomic E-state index is -5.03. The molecule has 0 aromatic carbocycles. The van der Waals surface area contributed by atoms with E-state index in [9.17, 15) is 18.9 Å². The number of rotatable bonds is 10. The molecular weight excluding hydrogens is 315 g/mol. The molecule has 0 bridgehead atoms. The third-order valence-corrected chi connectivity index (χ3v) is 3.73. The Kier molecular flexibility index (Phi) is 8.47. The van der Waals surface area contributed by atoms with E-state index in [1.807, 2.05) is 13.8 Å². The summed E-state index contributed by atoms with van der Waals surface area (Å²) in [6.07, 6.45) is -0.127. The Labute approximate surface area is 128 Å². The molecule has 10 heteroatoms. The lowest BCUT2D eigenvalue weighted by atomic mass is 10.0. The van der Waals surface area contributed by atoms with Crippen LogP contribution >= 0.6 is 7.60 Å². The standard InChI is InChI=1S/C12H23N2O7P/c1-7(2)6-8(13)11(17)14-9(4-3-5-10(15)16)12(18)22(19,20)21/h7-9H,3-6,13H2,1-2H3,(H,14,17)(H,15,16)(H2,19,20,21)/t8-,9-/m0/s1. The van der Waals surface area contributed by atoms with Crippen LogP contribution in [0.3, 0.4) is 0 Å². The van der Waals surface area contributed by atoms with Crippen LogP contribution in [0, 0.1) is 5.92 Å². The number of nitrogens with two attached hydrogens (primary N) is 1. The van der Waals surface area contributed by atoms with Crippen molar-refractivity contribution in [1.29, 1.82) is 0 Å². The number of hydrogen-bond donors (Lipinski definition) is 5. The lowest BCUT2D eigenvalue weighted by molar-refractivity contribution is -0.137. The molecule has 0 radical (unpaired) electrons. The molecule has 0 unspecified atom stereocenters. The molecule has 0 heterocycles. The molecule has 0 aliphatic rings. The van der Waals surface area contributed by atoms with Crippen LogP contribution in [0.1, 0.15) is 39.5 Å². The third kappa shape index (κ3) is 8.23. The number of carbonyl (C=O) groups excluding carboxylic acids is 2. The molecule has 0 saturated carbocycles. The van der Waals surface area contributed by atoms with Crippen LogP contribution < -0.4 is 11.1 Å². The molecule has 0 aromatic heterocycles. The zero-order chi connectivity index (χ0) is 17.5. The first kappa shape index (κ1) is 20.7. The number of carbonyl (C=O) groups is 3. The molecule has 0 spiro atoms. The lowest BCUT2D eigenvalue weighted by Gasteiger charge is -2.21. The average Bonchev–Trinajstić information content (AvgIpc) is 2.34. The Morgan fingerprint density at radius 1 is 1.23 bits per heavy atom. The van der Waals surface area contributed by atoms with Gasteiger partial charge in [0.05, 0.1) is 6.04 Å². The summed E-state index contributed by atoms with van der Waals surface area (Å²) in [4.78, 5) is 51.8. The molecule has 0 fully saturated rings. The highest BCUT2D eigenvalue weighted by molar-refractivity contribution is 7.70. The highest BCUT2D eigenvalue weighted by atomic mass is 31.2. The first-order valence-electron chi connectivity index (χ1n) is 6.82. The van der Waals surface area contributed by atoms with Gasteiger partial charge in [-0.25, -0.2) is 0 Å². The van der Waals surface area contributed by atoms with Gasteiger partial charge in [-0.1, -0.05) is 13.8 Å². The molecule has 0 aliphatic heterocycles. The van der Waals surface area contributed by atoms with Gasteiger partial charge in [0.1, 0.15) is 6.04 Å². The zero-order valence-electron chi connectivity index (χ0n) is 12.6. The van der Waals surface area contributed by atoms with Crippen molar-refractivity contribution in [2.45, 2.75) is 51.6 Å². The molecule has 22 heavy (non-hydrogen) atoms. The summed E-state index contributed by atoms with van der Waals surface area (Å²) in [5, 5.41) is 10.8. The van der Waals surface area contributed by atoms with E-state index >= 15 is 0 Å². The lowest BCUT2D eigenvalue weighted by Crippen LogP contribution is -2.48. The third-order valence-electron chi connectivity index (χ3n) is 2.85. The van der Waals surface area contributed by atoms with Crippen molar-refractivity contribution < 1.29 is 33.8 Å². The number of nitrogens with one attached hydrogen (secondary N) is 1. The van der Waals surface area contributed by atoms with Crippen LogP contribution in [-0.4, -0.2) is 44.4 Å². The summed E-state index contributed by atoms with van der Waals surface area (Å²) in [6.45, 7) is 3.69. The molecule has 0 saturated heterocycles. The topological polar surface area (TPSA) is 167 Å². The van der Waals surface area contributed by atoms with Crippen LogP contribution in [0.4, 0.5) is 0 Å². The highest BCUT2D eigenvalue weighted by Gasteiger charge is 2.35. The maximum Gasteiger partial charge on any atom is 0.393 e. The van der Waals surface area contributed by atoms with Crippen molar-refractivity contribution in [1.82, 2.24) is 5.32 Å². The highest BCUT2D eigenvalue weighted by Crippen LogP contribution is 2.37. The summed E-state index contributed by atoms with van der Waals surface area (Å²) in [6, 6.07) is -2.36. The van der Waals surface area contributed by atoms with Crippen LogP contribution in [0.5, 0.6) is 0 Å². The van der Waals surface area contributed by atoms with Crippen molar-refractivity contribution in [2.75, 3.05) is 0 Å². The minimum absolute atomic E-state index is 0.00849. The molecule has 0 rings (SSSR count). The first-order chi connectivity index (χ1) is 9.95. The second-order valence-electron chi connectivity index (χ2n) is 5.47. The second-order valence-corrected chi connectivity index (χ2v) is 6.99. The van der Waals surface area contributed by atoms with Gasteiger partial charge in [0, 0.05) is 6.42 Å². The predicted octanol–water partition coefficient (Wildman–Crippen LogP) is -0.196. The Bertz CT molecular complexity index is 460. The number of carboxylic acids is 1. The number of amides is 1. The zero-order valence-corrected chi connectivity index (χ0v) is 13.5. The van der Waals surface area contributed by atoms with Gasteiger partial charge in [0.25, 0.3) is 5.52 Å². The molecule has 0 aliphatic carbocycles. The Hall–Kier alpha value is -1.28. The van der Waals surface area contributed by atoms with Gasteiger partial charge >= 0.3 is 13.6 Å². The van der Waals surface area contributed by atoms with Crippen LogP contribution in [0.15, 0.2) is 0 Å². The monoisotopic (exact) mass is 338 g/mol. The maximum absolute atomic E-state index is 11.9. The fourth-order valence-corrected chi connectivity index (χ4v) is 2.41. The van der Waals surface area contributed by atoms with Gasteiger partial charge in [0.2, 0.25) is 5.91 Å². The smallest absolute Gasteiger partial charge is 0.393 e. The summed E-state index contributed by atoms with van der Waals surface area (Å²) >= 11 is 0. The molecule has 1 amide bonds. The van der Waals surface area contributed by atoms with Crippen molar-refractivity contribution >= 4 is 25.0 Å². The molecular formula is C12H23N2O7P. The van der Waals surface area contributed by atoms with Crippen LogP contribution in [0.2, 0.25) is 0 Å². The number of hydrogen-bond acceptors (Lipinski definition) is 5. The van der Waals surface area contributed by atoms with E-state index < -0.39 is 37.1 Å². The Morgan fingerprint density at radius 2 is 1.77 bits per heavy atom. The molecule has 0 aromatic rings. The minimum Gasteiger partial charge on any atom is -0.481 e. The Morgan fingerprint density at radius 3 is 2.18 bits per heavy atom. The van der Waals surface area contributed by atoms with Crippen molar-refractivity contribution in [3.63, 3.8) is 0 Å². The fourth-order valence-electron chi connectivity index (χ4n) is 1.81. The van der Waals surface area contributed by atoms with Gasteiger partial charge in [0.15, 0.2) is 0 Å². The number of carboxylic acid groups (broad SMARTS) is 1. The van der Waals surface area contributed by atoms with Crippen molar-refractivity contribution in [3.05, 3.63) is 0 Å². The first-order valence-corrected chi connectivity index (χ1v) is 8.44. The van der Waals surface area contributed by atoms with E-state index in [2.05, 4.69) is 5.32 Å². The molecule has 128 valence electrons. The van der Waals surface area contributed by atoms with Gasteiger partial charge in [-0.3, -0.25) is 18.9 Å². The van der Waals surface area contributed by atoms with E-state index in [4.69, 9.17) is 20.6 Å². The van der Waals surface area contributed by atoms with E-state index in [1.54, 1.807) is 0 Å². The maximum atomic E-state index is 11.9. The number of aliphatic carboxylic acids is 1. The summed E-state index contributed by atoms with van der Waals surface area (Å²) in [5.41, 5.74) is 4.20. The van der Waals surface area contributed by atoms with Crippen molar-refractivity contribution in [2.24, 2.45) is 11.7 Å². The average molecular weight is 338 g/mol. The molecule has 2 atom stereocenters. The SMILES string of the molecule is CC(C)C[C@H](N)C(=O)N[C@@H](CCCC(=O)O)C(=O)P(=O)(O)O. The summed E-state index contributed by atoms with van der Waals surface area (Å²) in [7, 11) is -5.03. The van der Waals surface area contributed by atoms with Gasteiger partial charge in [-0.05, 0) is 25.2 Å². The second kappa shape index (κ2) is 8.99. The normalized spacial score (nSPS) is 14.5. The van der Waals surface area contributed by atoms with E-state index in [0.29, 0.717) is 6.42 Å². The van der Waals surface area contributed by atoms with Gasteiger partial charge in [-0.2, -0.15) is 0 Å². The van der Waals surface area contributed by atoms with Crippen LogP contribution in [-0.2, 0) is 18.9 Å². The van der Waals surface area contributed by atoms with Crippen LogP contribution in [0.25, 0.3) is 0 Å². The van der Waals surface area contributed by atoms with Crippen molar-refractivity contribution in [3.8, 4) is 0 Å². The molecule has 6 N–H and O–H groups in total. The summed E-state index contributed by atoms with van der Waals surface area (Å²) in [5.74, 6) is -1.68. The van der Waals surface area contributed by atoms with Gasteiger partial charge < -0.3 is 25.9 Å². The predicted molar refractivity (Wildman–Crippen MR) is 77.9 cm³/mol. The van der Waals surface area contributed by atoms with E-state index in [-0.39, 0.29) is 25.2 Å². The van der Waals surface area contributed by atoms with E-state index in [0.717, 1.165) is 0 Å². The fraction of sp³-hybridized carbons (Fsp3) is 0.750. The molecule has 9 nitrogen and oxygen atoms in total. The van der Waals surface area contributed by atoms with E-state index in [1.165, 1.54) is 0 Å². The van der Waals surface area contributed by atoms with Gasteiger partial charge in [-0.15, -0.1) is 0 Å². The quantitative estimate of drug-likeness (QED) is 0.341.